The Bertz CT molecular complexity index is 497. The number of H-pyrrole nitrogens is 1. The molecule has 5 nitrogen and oxygen atoms in total. The molecule has 0 aliphatic carbocycles. The van der Waals surface area contributed by atoms with Crippen molar-refractivity contribution in [3.8, 4) is 0 Å². The fourth-order valence-corrected chi connectivity index (χ4v) is 1.73. The van der Waals surface area contributed by atoms with Gasteiger partial charge in [0.15, 0.2) is 0 Å². The summed E-state index contributed by atoms with van der Waals surface area (Å²) in [7, 11) is 1.23. The molecule has 1 atom stereocenters. The molecule has 0 aromatic carbocycles. The predicted molar refractivity (Wildman–Crippen MR) is 64.5 cm³/mol. The lowest BCUT2D eigenvalue weighted by atomic mass is 10.1. The van der Waals surface area contributed by atoms with E-state index in [1.165, 1.54) is 14.0 Å². The zero-order chi connectivity index (χ0) is 14.7. The highest BCUT2D eigenvalue weighted by molar-refractivity contribution is 6.00. The van der Waals surface area contributed by atoms with Gasteiger partial charge >= 0.3 is 5.97 Å². The van der Waals surface area contributed by atoms with Gasteiger partial charge in [0.2, 0.25) is 0 Å². The van der Waals surface area contributed by atoms with Gasteiger partial charge in [0.25, 0.3) is 12.3 Å². The number of rotatable bonds is 4. The molecule has 2 N–H and O–H groups in total. The van der Waals surface area contributed by atoms with Gasteiger partial charge < -0.3 is 15.0 Å². The summed E-state index contributed by atoms with van der Waals surface area (Å²) >= 11 is 0. The first kappa shape index (κ1) is 15.1. The molecular weight excluding hydrogens is 258 g/mol. The fourth-order valence-electron chi connectivity index (χ4n) is 1.73. The van der Waals surface area contributed by atoms with E-state index in [0.717, 1.165) is 0 Å². The number of alkyl halides is 2. The molecule has 1 aromatic heterocycles. The number of methoxy groups -OCH3 is 1. The van der Waals surface area contributed by atoms with Gasteiger partial charge in [-0.3, -0.25) is 4.79 Å². The second-order valence-corrected chi connectivity index (χ2v) is 4.21. The van der Waals surface area contributed by atoms with Gasteiger partial charge in [-0.25, -0.2) is 13.6 Å². The first-order valence-corrected chi connectivity index (χ1v) is 5.66. The van der Waals surface area contributed by atoms with Crippen molar-refractivity contribution in [2.24, 2.45) is 0 Å². The van der Waals surface area contributed by atoms with Crippen LogP contribution in [0.25, 0.3) is 0 Å². The number of halogens is 2. The lowest BCUT2D eigenvalue weighted by molar-refractivity contribution is 0.0599. The minimum Gasteiger partial charge on any atom is -0.465 e. The molecule has 0 saturated carbocycles. The van der Waals surface area contributed by atoms with Crippen LogP contribution in [0.3, 0.4) is 0 Å². The summed E-state index contributed by atoms with van der Waals surface area (Å²) in [6.07, 6.45) is -2.65. The van der Waals surface area contributed by atoms with Crippen LogP contribution in [0.5, 0.6) is 0 Å². The van der Waals surface area contributed by atoms with E-state index in [1.807, 2.05) is 0 Å². The highest BCUT2D eigenvalue weighted by Gasteiger charge is 2.24. The van der Waals surface area contributed by atoms with Crippen LogP contribution in [-0.4, -0.2) is 36.4 Å². The van der Waals surface area contributed by atoms with Crippen molar-refractivity contribution in [3.63, 3.8) is 0 Å². The van der Waals surface area contributed by atoms with Crippen LogP contribution in [0.2, 0.25) is 0 Å². The topological polar surface area (TPSA) is 71.2 Å². The Labute approximate surface area is 109 Å². The van der Waals surface area contributed by atoms with Crippen LogP contribution in [0.1, 0.15) is 39.0 Å². The maximum Gasteiger partial charge on any atom is 0.339 e. The first-order valence-electron chi connectivity index (χ1n) is 5.66. The Kier molecular flexibility index (Phi) is 4.63. The molecule has 19 heavy (non-hydrogen) atoms. The lowest BCUT2D eigenvalue weighted by Gasteiger charge is -2.12. The molecule has 1 amide bonds. The first-order chi connectivity index (χ1) is 8.79. The standard InChI is InChI=1S/C12H16F2N2O3/c1-5-8(12(18)19-4)6(2)15-9(5)11(17)16-7(3)10(13)14/h7,10,15H,1-4H3,(H,16,17). The van der Waals surface area contributed by atoms with E-state index in [4.69, 9.17) is 0 Å². The average molecular weight is 274 g/mol. The fraction of sp³-hybridized carbons (Fsp3) is 0.500. The van der Waals surface area contributed by atoms with Crippen molar-refractivity contribution in [1.82, 2.24) is 10.3 Å². The van der Waals surface area contributed by atoms with Crippen LogP contribution in [0.15, 0.2) is 0 Å². The number of amides is 1. The molecule has 1 heterocycles. The molecule has 1 rings (SSSR count). The lowest BCUT2D eigenvalue weighted by Crippen LogP contribution is -2.38. The van der Waals surface area contributed by atoms with Gasteiger partial charge in [-0.05, 0) is 26.3 Å². The monoisotopic (exact) mass is 274 g/mol. The third-order valence-corrected chi connectivity index (χ3v) is 2.79. The number of carbonyl (C=O) groups excluding carboxylic acids is 2. The van der Waals surface area contributed by atoms with E-state index in [9.17, 15) is 18.4 Å². The molecule has 1 unspecified atom stereocenters. The third-order valence-electron chi connectivity index (χ3n) is 2.79. The molecule has 1 aromatic rings. The Morgan fingerprint density at radius 1 is 1.32 bits per heavy atom. The highest BCUT2D eigenvalue weighted by Crippen LogP contribution is 2.19. The average Bonchev–Trinajstić information content (AvgIpc) is 2.63. The van der Waals surface area contributed by atoms with Gasteiger partial charge in [0, 0.05) is 5.69 Å². The number of aromatic amines is 1. The van der Waals surface area contributed by atoms with E-state index in [1.54, 1.807) is 13.8 Å². The molecule has 0 radical (unpaired) electrons. The second kappa shape index (κ2) is 5.81. The van der Waals surface area contributed by atoms with Crippen LogP contribution in [-0.2, 0) is 4.74 Å². The molecule has 0 saturated heterocycles. The smallest absolute Gasteiger partial charge is 0.339 e. The molecule has 0 aliphatic heterocycles. The van der Waals surface area contributed by atoms with E-state index in [0.29, 0.717) is 11.3 Å². The molecule has 0 fully saturated rings. The van der Waals surface area contributed by atoms with Crippen molar-refractivity contribution < 1.29 is 23.1 Å². The largest absolute Gasteiger partial charge is 0.465 e. The zero-order valence-corrected chi connectivity index (χ0v) is 11.1. The Morgan fingerprint density at radius 3 is 2.37 bits per heavy atom. The summed E-state index contributed by atoms with van der Waals surface area (Å²) in [4.78, 5) is 26.1. The summed E-state index contributed by atoms with van der Waals surface area (Å²) in [5, 5.41) is 2.16. The van der Waals surface area contributed by atoms with Gasteiger partial charge in [-0.15, -0.1) is 0 Å². The van der Waals surface area contributed by atoms with Crippen molar-refractivity contribution in [3.05, 3.63) is 22.5 Å². The summed E-state index contributed by atoms with van der Waals surface area (Å²) in [5.41, 5.74) is 1.17. The highest BCUT2D eigenvalue weighted by atomic mass is 19.3. The molecule has 106 valence electrons. The number of esters is 1. The van der Waals surface area contributed by atoms with Crippen LogP contribution < -0.4 is 5.32 Å². The van der Waals surface area contributed by atoms with Crippen molar-refractivity contribution >= 4 is 11.9 Å². The molecule has 0 aliphatic rings. The van der Waals surface area contributed by atoms with E-state index >= 15 is 0 Å². The third kappa shape index (κ3) is 3.10. The van der Waals surface area contributed by atoms with Crippen LogP contribution in [0.4, 0.5) is 8.78 Å². The van der Waals surface area contributed by atoms with E-state index in [2.05, 4.69) is 15.0 Å². The number of nitrogens with one attached hydrogen (secondary N) is 2. The minimum atomic E-state index is -2.65. The van der Waals surface area contributed by atoms with Crippen LogP contribution in [0, 0.1) is 13.8 Å². The normalized spacial score (nSPS) is 12.4. The SMILES string of the molecule is COC(=O)c1c(C)[nH]c(C(=O)NC(C)C(F)F)c1C. The summed E-state index contributed by atoms with van der Waals surface area (Å²) < 4.78 is 29.3. The molecule has 0 bridgehead atoms. The van der Waals surface area contributed by atoms with Gasteiger partial charge in [-0.1, -0.05) is 0 Å². The number of hydrogen-bond acceptors (Lipinski definition) is 3. The molecule has 0 spiro atoms. The number of aromatic nitrogens is 1. The van der Waals surface area contributed by atoms with Gasteiger partial charge in [-0.2, -0.15) is 0 Å². The summed E-state index contributed by atoms with van der Waals surface area (Å²) in [6.45, 7) is 4.36. The minimum absolute atomic E-state index is 0.0883. The van der Waals surface area contributed by atoms with Gasteiger partial charge in [0.1, 0.15) is 5.69 Å². The summed E-state index contributed by atoms with van der Waals surface area (Å²) in [5.74, 6) is -1.25. The molecular formula is C12H16F2N2O3. The van der Waals surface area contributed by atoms with Gasteiger partial charge in [0.05, 0.1) is 18.7 Å². The van der Waals surface area contributed by atoms with E-state index < -0.39 is 24.3 Å². The number of aryl methyl sites for hydroxylation is 1. The number of carbonyl (C=O) groups is 2. The zero-order valence-electron chi connectivity index (χ0n) is 11.1. The second-order valence-electron chi connectivity index (χ2n) is 4.21. The van der Waals surface area contributed by atoms with Crippen molar-refractivity contribution in [2.45, 2.75) is 33.2 Å². The maximum absolute atomic E-state index is 12.4. The van der Waals surface area contributed by atoms with Crippen molar-refractivity contribution in [2.75, 3.05) is 7.11 Å². The van der Waals surface area contributed by atoms with E-state index in [-0.39, 0.29) is 11.3 Å². The maximum atomic E-state index is 12.4. The number of ether oxygens (including phenoxy) is 1. The number of hydrogen-bond donors (Lipinski definition) is 2. The Morgan fingerprint density at radius 2 is 1.89 bits per heavy atom. The Hall–Kier alpha value is -1.92. The Balaban J connectivity index is 3.03. The predicted octanol–water partition coefficient (Wildman–Crippen LogP) is 1.80. The quantitative estimate of drug-likeness (QED) is 0.822. The summed E-state index contributed by atoms with van der Waals surface area (Å²) in [6, 6.07) is -1.27. The van der Waals surface area contributed by atoms with Crippen LogP contribution >= 0.6 is 0 Å². The molecule has 7 heteroatoms. The van der Waals surface area contributed by atoms with Crippen molar-refractivity contribution in [1.29, 1.82) is 0 Å².